The molecule has 0 fully saturated rings. The van der Waals surface area contributed by atoms with Crippen molar-refractivity contribution in [2.45, 2.75) is 17.7 Å². The molecule has 1 N–H and O–H groups in total. The Hall–Kier alpha value is -2.60. The lowest BCUT2D eigenvalue weighted by Gasteiger charge is -2.04. The first-order valence-corrected chi connectivity index (χ1v) is 9.34. The average Bonchev–Trinajstić information content (AvgIpc) is 3.12. The van der Waals surface area contributed by atoms with Gasteiger partial charge >= 0.3 is 0 Å². The Morgan fingerprint density at radius 3 is 2.65 bits per heavy atom. The molecule has 1 aromatic heterocycles. The fraction of sp³-hybridized carbons (Fsp3) is 0.200. The van der Waals surface area contributed by atoms with Crippen molar-refractivity contribution in [3.63, 3.8) is 0 Å². The highest BCUT2D eigenvalue weighted by molar-refractivity contribution is 7.99. The number of nitrogens with one attached hydrogen (secondary N) is 1. The summed E-state index contributed by atoms with van der Waals surface area (Å²) in [4.78, 5) is 17.4. The van der Waals surface area contributed by atoms with Crippen molar-refractivity contribution in [1.29, 1.82) is 0 Å². The van der Waals surface area contributed by atoms with E-state index in [-0.39, 0.29) is 18.1 Å². The summed E-state index contributed by atoms with van der Waals surface area (Å²) in [5.74, 6) is 1.06. The number of hydrogen-bond acceptors (Lipinski definition) is 4. The van der Waals surface area contributed by atoms with Crippen LogP contribution >= 0.6 is 11.8 Å². The monoisotopic (exact) mass is 370 g/mol. The third-order valence-corrected chi connectivity index (χ3v) is 4.74. The lowest BCUT2D eigenvalue weighted by Crippen LogP contribution is -2.26. The standard InChI is InChI=1S/C20H19FN2O2S/c21-16-7-9-18(10-8-16)26-12-4-11-22-19(24)13-17-14-25-20(23-17)15-5-2-1-3-6-15/h1-3,5-10,14H,4,11-13H2,(H,22,24). The van der Waals surface area contributed by atoms with Crippen molar-refractivity contribution >= 4 is 17.7 Å². The molecule has 0 bridgehead atoms. The molecule has 4 nitrogen and oxygen atoms in total. The van der Waals surface area contributed by atoms with Gasteiger partial charge in [-0.3, -0.25) is 4.79 Å². The number of rotatable bonds is 8. The Labute approximate surface area is 155 Å². The van der Waals surface area contributed by atoms with Gasteiger partial charge < -0.3 is 9.73 Å². The number of halogens is 1. The van der Waals surface area contributed by atoms with Gasteiger partial charge in [0.2, 0.25) is 11.8 Å². The van der Waals surface area contributed by atoms with Crippen LogP contribution in [0.3, 0.4) is 0 Å². The van der Waals surface area contributed by atoms with Gasteiger partial charge in [0.05, 0.1) is 12.1 Å². The fourth-order valence-electron chi connectivity index (χ4n) is 2.35. The van der Waals surface area contributed by atoms with Gasteiger partial charge in [0.15, 0.2) is 0 Å². The first-order chi connectivity index (χ1) is 12.7. The zero-order valence-corrected chi connectivity index (χ0v) is 15.0. The summed E-state index contributed by atoms with van der Waals surface area (Å²) in [6, 6.07) is 16.0. The Morgan fingerprint density at radius 2 is 1.88 bits per heavy atom. The number of carbonyl (C=O) groups is 1. The number of benzene rings is 2. The molecule has 6 heteroatoms. The lowest BCUT2D eigenvalue weighted by molar-refractivity contribution is -0.120. The predicted octanol–water partition coefficient (Wildman–Crippen LogP) is 4.32. The topological polar surface area (TPSA) is 55.1 Å². The van der Waals surface area contributed by atoms with E-state index in [2.05, 4.69) is 10.3 Å². The maximum absolute atomic E-state index is 12.8. The number of amides is 1. The number of oxazole rings is 1. The molecule has 0 unspecified atom stereocenters. The molecule has 0 radical (unpaired) electrons. The maximum Gasteiger partial charge on any atom is 0.226 e. The molecule has 0 aliphatic carbocycles. The summed E-state index contributed by atoms with van der Waals surface area (Å²) in [7, 11) is 0. The second-order valence-electron chi connectivity index (χ2n) is 5.69. The van der Waals surface area contributed by atoms with Crippen LogP contribution in [0.15, 0.2) is 70.2 Å². The minimum Gasteiger partial charge on any atom is -0.444 e. The van der Waals surface area contributed by atoms with E-state index in [1.807, 2.05) is 30.3 Å². The van der Waals surface area contributed by atoms with Gasteiger partial charge in [0, 0.05) is 17.0 Å². The average molecular weight is 370 g/mol. The smallest absolute Gasteiger partial charge is 0.226 e. The van der Waals surface area contributed by atoms with Gasteiger partial charge in [0.1, 0.15) is 12.1 Å². The highest BCUT2D eigenvalue weighted by Crippen LogP contribution is 2.19. The lowest BCUT2D eigenvalue weighted by atomic mass is 10.2. The van der Waals surface area contributed by atoms with Crippen LogP contribution in [0, 0.1) is 5.82 Å². The van der Waals surface area contributed by atoms with Crippen molar-refractivity contribution in [3.8, 4) is 11.5 Å². The summed E-state index contributed by atoms with van der Waals surface area (Å²) in [5, 5.41) is 2.88. The van der Waals surface area contributed by atoms with Crippen LogP contribution in [0.1, 0.15) is 12.1 Å². The van der Waals surface area contributed by atoms with E-state index in [4.69, 9.17) is 4.42 Å². The minimum absolute atomic E-state index is 0.0790. The molecule has 0 saturated carbocycles. The summed E-state index contributed by atoms with van der Waals surface area (Å²) < 4.78 is 18.3. The van der Waals surface area contributed by atoms with E-state index in [0.29, 0.717) is 18.1 Å². The number of nitrogens with zero attached hydrogens (tertiary/aromatic N) is 1. The maximum atomic E-state index is 12.8. The van der Waals surface area contributed by atoms with E-state index in [1.54, 1.807) is 23.9 Å². The van der Waals surface area contributed by atoms with Crippen molar-refractivity contribution < 1.29 is 13.6 Å². The van der Waals surface area contributed by atoms with Gasteiger partial charge in [0.25, 0.3) is 0 Å². The molecule has 1 heterocycles. The normalized spacial score (nSPS) is 10.7. The summed E-state index contributed by atoms with van der Waals surface area (Å²) in [6.45, 7) is 0.594. The van der Waals surface area contributed by atoms with E-state index < -0.39 is 0 Å². The van der Waals surface area contributed by atoms with Crippen LogP contribution in [0.2, 0.25) is 0 Å². The minimum atomic E-state index is -0.232. The Balaban J connectivity index is 1.37. The molecule has 0 aliphatic heterocycles. The zero-order chi connectivity index (χ0) is 18.2. The second-order valence-corrected chi connectivity index (χ2v) is 6.86. The summed E-state index contributed by atoms with van der Waals surface area (Å²) >= 11 is 1.64. The fourth-order valence-corrected chi connectivity index (χ4v) is 3.20. The van der Waals surface area contributed by atoms with Crippen molar-refractivity contribution in [3.05, 3.63) is 72.4 Å². The van der Waals surface area contributed by atoms with E-state index in [1.165, 1.54) is 18.4 Å². The molecule has 1 amide bonds. The number of aromatic nitrogens is 1. The summed E-state index contributed by atoms with van der Waals surface area (Å²) in [5.41, 5.74) is 1.50. The van der Waals surface area contributed by atoms with Crippen LogP contribution in [-0.2, 0) is 11.2 Å². The molecular formula is C20H19FN2O2S. The quantitative estimate of drug-likeness (QED) is 0.474. The Morgan fingerprint density at radius 1 is 1.12 bits per heavy atom. The molecule has 0 spiro atoms. The van der Waals surface area contributed by atoms with Gasteiger partial charge in [-0.1, -0.05) is 18.2 Å². The highest BCUT2D eigenvalue weighted by Gasteiger charge is 2.10. The number of carbonyl (C=O) groups excluding carboxylic acids is 1. The first kappa shape index (κ1) is 18.2. The van der Waals surface area contributed by atoms with Crippen LogP contribution in [0.25, 0.3) is 11.5 Å². The first-order valence-electron chi connectivity index (χ1n) is 8.35. The van der Waals surface area contributed by atoms with E-state index in [9.17, 15) is 9.18 Å². The third-order valence-electron chi connectivity index (χ3n) is 3.64. The van der Waals surface area contributed by atoms with Crippen LogP contribution in [0.4, 0.5) is 4.39 Å². The van der Waals surface area contributed by atoms with E-state index >= 15 is 0 Å². The van der Waals surface area contributed by atoms with Crippen molar-refractivity contribution in [1.82, 2.24) is 10.3 Å². The largest absolute Gasteiger partial charge is 0.444 e. The van der Waals surface area contributed by atoms with Crippen molar-refractivity contribution in [2.75, 3.05) is 12.3 Å². The molecule has 134 valence electrons. The molecule has 0 aliphatic rings. The molecular weight excluding hydrogens is 351 g/mol. The van der Waals surface area contributed by atoms with Crippen molar-refractivity contribution in [2.24, 2.45) is 0 Å². The SMILES string of the molecule is O=C(Cc1coc(-c2ccccc2)n1)NCCCSc1ccc(F)cc1. The highest BCUT2D eigenvalue weighted by atomic mass is 32.2. The number of hydrogen-bond donors (Lipinski definition) is 1. The molecule has 2 aromatic carbocycles. The van der Waals surface area contributed by atoms with Crippen LogP contribution < -0.4 is 5.32 Å². The molecule has 0 atom stereocenters. The molecule has 26 heavy (non-hydrogen) atoms. The van der Waals surface area contributed by atoms with Crippen LogP contribution in [0.5, 0.6) is 0 Å². The van der Waals surface area contributed by atoms with Gasteiger partial charge in [-0.25, -0.2) is 9.37 Å². The molecule has 0 saturated heterocycles. The predicted molar refractivity (Wildman–Crippen MR) is 100 cm³/mol. The van der Waals surface area contributed by atoms with E-state index in [0.717, 1.165) is 22.6 Å². The summed E-state index contributed by atoms with van der Waals surface area (Å²) in [6.07, 6.45) is 2.55. The Kier molecular flexibility index (Phi) is 6.44. The van der Waals surface area contributed by atoms with Gasteiger partial charge in [-0.15, -0.1) is 11.8 Å². The third kappa shape index (κ3) is 5.46. The van der Waals surface area contributed by atoms with Gasteiger partial charge in [-0.2, -0.15) is 0 Å². The second kappa shape index (κ2) is 9.20. The molecule has 3 rings (SSSR count). The number of thioether (sulfide) groups is 1. The zero-order valence-electron chi connectivity index (χ0n) is 14.2. The Bertz CT molecular complexity index is 835. The molecule has 3 aromatic rings. The van der Waals surface area contributed by atoms with Gasteiger partial charge in [-0.05, 0) is 48.6 Å². The van der Waals surface area contributed by atoms with Crippen LogP contribution in [-0.4, -0.2) is 23.2 Å².